The smallest absolute Gasteiger partial charge is 0.315 e. The molecule has 146 valence electrons. The summed E-state index contributed by atoms with van der Waals surface area (Å²) in [6.07, 6.45) is -3.20. The summed E-state index contributed by atoms with van der Waals surface area (Å²) in [5.74, 6) is -3.42. The Morgan fingerprint density at radius 2 is 1.75 bits per heavy atom. The van der Waals surface area contributed by atoms with Gasteiger partial charge in [0.25, 0.3) is 11.9 Å². The molecule has 0 spiro atoms. The number of hydrogen-bond donors (Lipinski definition) is 1. The van der Waals surface area contributed by atoms with Crippen molar-refractivity contribution >= 4 is 23.3 Å². The van der Waals surface area contributed by atoms with Gasteiger partial charge < -0.3 is 5.32 Å². The number of hydrogen-bond acceptors (Lipinski definition) is 5. The van der Waals surface area contributed by atoms with Crippen LogP contribution in [-0.4, -0.2) is 24.0 Å². The van der Waals surface area contributed by atoms with E-state index < -0.39 is 24.0 Å². The minimum atomic E-state index is -3.37. The van der Waals surface area contributed by atoms with E-state index in [2.05, 4.69) is 20.4 Å². The van der Waals surface area contributed by atoms with E-state index in [0.29, 0.717) is 11.1 Å². The topological polar surface area (TPSA) is 72.3 Å². The van der Waals surface area contributed by atoms with Gasteiger partial charge >= 0.3 is 6.43 Å². The fourth-order valence-electron chi connectivity index (χ4n) is 3.07. The average Bonchev–Trinajstić information content (AvgIpc) is 3.05. The van der Waals surface area contributed by atoms with Gasteiger partial charge in [0.05, 0.1) is 5.69 Å². The van der Waals surface area contributed by atoms with Crippen LogP contribution in [0.15, 0.2) is 46.7 Å². The highest BCUT2D eigenvalue weighted by atomic mass is 19.3. The normalized spacial score (nSPS) is 13.2. The Labute approximate surface area is 154 Å². The number of oxime groups is 2. The second-order valence-corrected chi connectivity index (χ2v) is 5.60. The lowest BCUT2D eigenvalue weighted by molar-refractivity contribution is -0.133. The Kier molecular flexibility index (Phi) is 5.52. The van der Waals surface area contributed by atoms with Crippen LogP contribution in [0, 0.1) is 0 Å². The quantitative estimate of drug-likeness (QED) is 0.383. The molecule has 1 aliphatic rings. The van der Waals surface area contributed by atoms with Crippen molar-refractivity contribution in [3.8, 4) is 11.1 Å². The molecule has 28 heavy (non-hydrogen) atoms. The maximum atomic E-state index is 14.2. The maximum Gasteiger partial charge on any atom is 0.315 e. The number of rotatable bonds is 6. The van der Waals surface area contributed by atoms with Crippen molar-refractivity contribution in [1.82, 2.24) is 0 Å². The van der Waals surface area contributed by atoms with Gasteiger partial charge in [0.1, 0.15) is 0 Å². The molecule has 0 aliphatic heterocycles. The number of carbonyl (C=O) groups is 1. The molecule has 0 unspecified atom stereocenters. The molecule has 1 amide bonds. The lowest BCUT2D eigenvalue weighted by Gasteiger charge is -2.15. The third-order valence-electron chi connectivity index (χ3n) is 4.12. The lowest BCUT2D eigenvalue weighted by Crippen LogP contribution is -2.24. The van der Waals surface area contributed by atoms with Gasteiger partial charge in [-0.2, -0.15) is 23.3 Å². The van der Waals surface area contributed by atoms with E-state index in [1.165, 1.54) is 12.1 Å². The van der Waals surface area contributed by atoms with Crippen LogP contribution in [0.5, 0.6) is 0 Å². The Balaban J connectivity index is 2.23. The van der Waals surface area contributed by atoms with Crippen LogP contribution < -0.4 is 5.32 Å². The monoisotopic (exact) mass is 399 g/mol. The Morgan fingerprint density at radius 1 is 1.04 bits per heavy atom. The van der Waals surface area contributed by atoms with Crippen molar-refractivity contribution in [3.63, 3.8) is 0 Å². The van der Waals surface area contributed by atoms with Crippen molar-refractivity contribution in [3.05, 3.63) is 53.1 Å². The second-order valence-electron chi connectivity index (χ2n) is 5.60. The third kappa shape index (κ3) is 3.50. The lowest BCUT2D eigenvalue weighted by atomic mass is 9.95. The van der Waals surface area contributed by atoms with Crippen LogP contribution in [0.2, 0.25) is 0 Å². The summed E-state index contributed by atoms with van der Waals surface area (Å²) in [7, 11) is 0. The van der Waals surface area contributed by atoms with E-state index >= 15 is 0 Å². The zero-order chi connectivity index (χ0) is 20.3. The van der Waals surface area contributed by atoms with Gasteiger partial charge in [0, 0.05) is 14.6 Å². The molecule has 0 aromatic heterocycles. The number of fused-ring (bicyclic) bond motifs is 3. The molecule has 0 heterocycles. The van der Waals surface area contributed by atoms with Crippen molar-refractivity contribution in [2.45, 2.75) is 12.8 Å². The molecule has 2 aromatic rings. The number of carbonyl (C=O) groups excluding carboxylic acids is 1. The Bertz CT molecular complexity index is 979. The predicted octanol–water partition coefficient (Wildman–Crippen LogP) is 4.25. The molecule has 2 aromatic carbocycles. The van der Waals surface area contributed by atoms with Crippen molar-refractivity contribution in [2.75, 3.05) is 5.32 Å². The number of amides is 1. The first-order chi connectivity index (χ1) is 13.5. The van der Waals surface area contributed by atoms with E-state index in [1.807, 2.05) is 5.32 Å². The number of nitrogens with zero attached hydrogens (tertiary/aromatic N) is 2. The van der Waals surface area contributed by atoms with Crippen LogP contribution in [-0.2, 0) is 21.3 Å². The van der Waals surface area contributed by atoms with E-state index in [0.717, 1.165) is 11.1 Å². The number of nitrogens with one attached hydrogen (secondary N) is 1. The fraction of sp³-hybridized carbons (Fsp3) is 0.118. The number of halogens is 5. The molecule has 0 saturated carbocycles. The first-order valence-electron chi connectivity index (χ1n) is 7.68. The maximum absolute atomic E-state index is 14.2. The molecule has 1 N–H and O–H groups in total. The largest absolute Gasteiger partial charge is 0.320 e. The average molecular weight is 399 g/mol. The fourth-order valence-corrected chi connectivity index (χ4v) is 3.07. The molecule has 3 rings (SSSR count). The van der Waals surface area contributed by atoms with Crippen LogP contribution >= 0.6 is 0 Å². The molecule has 0 radical (unpaired) electrons. The van der Waals surface area contributed by atoms with Crippen LogP contribution in [0.3, 0.4) is 0 Å². The van der Waals surface area contributed by atoms with E-state index in [-0.39, 0.29) is 17.7 Å². The van der Waals surface area contributed by atoms with Gasteiger partial charge in [-0.15, -0.1) is 0 Å². The van der Waals surface area contributed by atoms with Crippen molar-refractivity contribution in [1.29, 1.82) is 0 Å². The molecule has 11 heteroatoms. The standard InChI is InChI=1S/C17H10F5N3O3/c18-15(19)17(26)23-12-6-5-10-9-4-2-1-3-8(9)7-11(10)13(12)14(24-27-21)16(20)25-28-22/h1-6,15H,7H2,(H,23,26). The number of benzene rings is 2. The van der Waals surface area contributed by atoms with Crippen molar-refractivity contribution < 1.29 is 37.1 Å². The summed E-state index contributed by atoms with van der Waals surface area (Å²) in [5, 5.41) is 13.1. The molecule has 6 nitrogen and oxygen atoms in total. The highest BCUT2D eigenvalue weighted by molar-refractivity contribution is 6.46. The van der Waals surface area contributed by atoms with Crippen LogP contribution in [0.1, 0.15) is 16.7 Å². The minimum Gasteiger partial charge on any atom is -0.320 e. The van der Waals surface area contributed by atoms with Crippen molar-refractivity contribution in [2.24, 2.45) is 10.3 Å². The first kappa shape index (κ1) is 19.3. The molecule has 0 bridgehead atoms. The number of anilines is 1. The zero-order valence-corrected chi connectivity index (χ0v) is 13.8. The summed E-state index contributed by atoms with van der Waals surface area (Å²) in [5.41, 5.74) is 0.806. The summed E-state index contributed by atoms with van der Waals surface area (Å²) in [6.45, 7) is 0. The number of alkyl halides is 2. The highest BCUT2D eigenvalue weighted by Crippen LogP contribution is 2.41. The van der Waals surface area contributed by atoms with Gasteiger partial charge in [0.2, 0.25) is 0 Å². The summed E-state index contributed by atoms with van der Waals surface area (Å²) in [4.78, 5) is 11.4. The van der Waals surface area contributed by atoms with Crippen LogP contribution in [0.4, 0.5) is 27.9 Å². The molecule has 1 aliphatic carbocycles. The summed E-state index contributed by atoms with van der Waals surface area (Å²) in [6, 6.07) is 9.75. The van der Waals surface area contributed by atoms with E-state index in [4.69, 9.17) is 0 Å². The van der Waals surface area contributed by atoms with Gasteiger partial charge in [-0.1, -0.05) is 30.3 Å². The van der Waals surface area contributed by atoms with Crippen LogP contribution in [0.25, 0.3) is 11.1 Å². The van der Waals surface area contributed by atoms with Gasteiger partial charge in [-0.3, -0.25) is 4.79 Å². The highest BCUT2D eigenvalue weighted by Gasteiger charge is 2.30. The summed E-state index contributed by atoms with van der Waals surface area (Å²) >= 11 is 0. The molecule has 0 atom stereocenters. The molecular weight excluding hydrogens is 389 g/mol. The van der Waals surface area contributed by atoms with Gasteiger partial charge in [0.15, 0.2) is 5.71 Å². The minimum absolute atomic E-state index is 0.175. The van der Waals surface area contributed by atoms with E-state index in [9.17, 15) is 27.0 Å². The molecule has 0 fully saturated rings. The van der Waals surface area contributed by atoms with Gasteiger partial charge in [-0.25, -0.2) is 0 Å². The summed E-state index contributed by atoms with van der Waals surface area (Å²) < 4.78 is 63.9. The molecular formula is C17H10F5N3O3. The Hall–Kier alpha value is -3.50. The first-order valence-corrected chi connectivity index (χ1v) is 7.68. The zero-order valence-electron chi connectivity index (χ0n) is 13.8. The van der Waals surface area contributed by atoms with E-state index in [1.54, 1.807) is 24.3 Å². The second kappa shape index (κ2) is 8.03. The third-order valence-corrected chi connectivity index (χ3v) is 4.12. The van der Waals surface area contributed by atoms with Gasteiger partial charge in [-0.05, 0) is 45.1 Å². The Morgan fingerprint density at radius 3 is 2.43 bits per heavy atom. The SMILES string of the molecule is O=C(Nc1ccc2c(c1C(=NOF)C(F)=NOF)Cc1ccccc1-2)C(F)F. The molecule has 0 saturated heterocycles. The predicted molar refractivity (Wildman–Crippen MR) is 88.8 cm³/mol.